The highest BCUT2D eigenvalue weighted by Gasteiger charge is 2.11. The van der Waals surface area contributed by atoms with E-state index >= 15 is 0 Å². The smallest absolute Gasteiger partial charge is 0.313 e. The summed E-state index contributed by atoms with van der Waals surface area (Å²) >= 11 is 0. The Hall–Kier alpha value is -2.24. The van der Waals surface area contributed by atoms with E-state index in [1.807, 2.05) is 13.0 Å². The number of rotatable bonds is 2. The molecule has 0 amide bonds. The Labute approximate surface area is 85.9 Å². The Bertz CT molecular complexity index is 476. The lowest BCUT2D eigenvalue weighted by Crippen LogP contribution is -1.90. The molecule has 76 valence electrons. The van der Waals surface area contributed by atoms with Crippen LogP contribution in [-0.2, 0) is 0 Å². The van der Waals surface area contributed by atoms with E-state index in [4.69, 9.17) is 10.2 Å². The van der Waals surface area contributed by atoms with E-state index in [-0.39, 0.29) is 6.01 Å². The molecule has 6 heteroatoms. The van der Waals surface area contributed by atoms with Crippen molar-refractivity contribution < 1.29 is 4.42 Å². The maximum absolute atomic E-state index is 5.35. The molecule has 0 aliphatic heterocycles. The number of nitrogens with zero attached hydrogens (tertiary/aromatic N) is 4. The summed E-state index contributed by atoms with van der Waals surface area (Å²) in [4.78, 5) is 7.83. The topological polar surface area (TPSA) is 90.7 Å². The first-order valence-corrected chi connectivity index (χ1v) is 4.32. The van der Waals surface area contributed by atoms with Gasteiger partial charge in [0, 0.05) is 23.5 Å². The summed E-state index contributed by atoms with van der Waals surface area (Å²) in [6.45, 7) is 1.86. The number of allylic oxidation sites excluding steroid dienone is 1. The molecule has 0 spiro atoms. The van der Waals surface area contributed by atoms with E-state index < -0.39 is 0 Å². The summed E-state index contributed by atoms with van der Waals surface area (Å²) in [5.41, 5.74) is 6.92. The molecular formula is C9H9N5O. The molecule has 15 heavy (non-hydrogen) atoms. The SMILES string of the molecule is C/C=C(\c1cncnc1)c1nnc(N)o1. The summed E-state index contributed by atoms with van der Waals surface area (Å²) in [5, 5.41) is 7.39. The van der Waals surface area contributed by atoms with E-state index in [9.17, 15) is 0 Å². The van der Waals surface area contributed by atoms with E-state index in [1.54, 1.807) is 12.4 Å². The van der Waals surface area contributed by atoms with Crippen LogP contribution in [0.3, 0.4) is 0 Å². The minimum atomic E-state index is 0.0428. The molecule has 0 atom stereocenters. The van der Waals surface area contributed by atoms with Crippen molar-refractivity contribution in [1.29, 1.82) is 0 Å². The van der Waals surface area contributed by atoms with Crippen molar-refractivity contribution in [3.63, 3.8) is 0 Å². The lowest BCUT2D eigenvalue weighted by atomic mass is 10.1. The molecule has 2 aromatic heterocycles. The largest absolute Gasteiger partial charge is 0.404 e. The lowest BCUT2D eigenvalue weighted by molar-refractivity contribution is 0.559. The van der Waals surface area contributed by atoms with Crippen molar-refractivity contribution in [1.82, 2.24) is 20.2 Å². The maximum atomic E-state index is 5.35. The molecule has 0 aliphatic rings. The van der Waals surface area contributed by atoms with Crippen molar-refractivity contribution in [3.05, 3.63) is 36.3 Å². The number of anilines is 1. The Morgan fingerprint density at radius 2 is 2.07 bits per heavy atom. The highest BCUT2D eigenvalue weighted by atomic mass is 16.4. The zero-order chi connectivity index (χ0) is 10.7. The standard InChI is InChI=1S/C9H9N5O/c1-2-7(6-3-11-5-12-4-6)8-13-14-9(10)15-8/h2-5H,1H3,(H2,10,14)/b7-2+. The highest BCUT2D eigenvalue weighted by Crippen LogP contribution is 2.20. The molecule has 0 bridgehead atoms. The van der Waals surface area contributed by atoms with Crippen molar-refractivity contribution >= 4 is 11.6 Å². The van der Waals surface area contributed by atoms with Crippen LogP contribution in [-0.4, -0.2) is 20.2 Å². The predicted molar refractivity (Wildman–Crippen MR) is 53.5 cm³/mol. The molecule has 0 saturated heterocycles. The quantitative estimate of drug-likeness (QED) is 0.779. The second-order valence-corrected chi connectivity index (χ2v) is 2.77. The van der Waals surface area contributed by atoms with E-state index in [2.05, 4.69) is 20.2 Å². The highest BCUT2D eigenvalue weighted by molar-refractivity contribution is 5.74. The molecule has 2 N–H and O–H groups in total. The van der Waals surface area contributed by atoms with E-state index in [1.165, 1.54) is 6.33 Å². The fourth-order valence-corrected chi connectivity index (χ4v) is 1.20. The number of hydrogen-bond acceptors (Lipinski definition) is 6. The van der Waals surface area contributed by atoms with Gasteiger partial charge in [-0.2, -0.15) is 0 Å². The molecule has 0 unspecified atom stereocenters. The van der Waals surface area contributed by atoms with Crippen LogP contribution in [0.5, 0.6) is 0 Å². The second kappa shape index (κ2) is 3.87. The average Bonchev–Trinajstić information content (AvgIpc) is 2.68. The average molecular weight is 203 g/mol. The molecule has 0 aromatic carbocycles. The fourth-order valence-electron chi connectivity index (χ4n) is 1.20. The Kier molecular flexibility index (Phi) is 2.40. The Morgan fingerprint density at radius 3 is 2.60 bits per heavy atom. The molecule has 2 aromatic rings. The lowest BCUT2D eigenvalue weighted by Gasteiger charge is -1.99. The van der Waals surface area contributed by atoms with Crippen LogP contribution in [0, 0.1) is 0 Å². The van der Waals surface area contributed by atoms with Gasteiger partial charge in [-0.3, -0.25) is 0 Å². The third-order valence-electron chi connectivity index (χ3n) is 1.83. The van der Waals surface area contributed by atoms with Gasteiger partial charge in [-0.25, -0.2) is 9.97 Å². The van der Waals surface area contributed by atoms with Crippen LogP contribution < -0.4 is 5.73 Å². The van der Waals surface area contributed by atoms with Crippen molar-refractivity contribution in [2.24, 2.45) is 0 Å². The van der Waals surface area contributed by atoms with Crippen LogP contribution in [0.1, 0.15) is 18.4 Å². The van der Waals surface area contributed by atoms with Crippen LogP contribution in [0.4, 0.5) is 6.01 Å². The summed E-state index contributed by atoms with van der Waals surface area (Å²) in [6, 6.07) is 0.0428. The first-order chi connectivity index (χ1) is 7.31. The summed E-state index contributed by atoms with van der Waals surface area (Å²) in [5.74, 6) is 0.366. The zero-order valence-electron chi connectivity index (χ0n) is 8.08. The van der Waals surface area contributed by atoms with Crippen molar-refractivity contribution in [2.75, 3.05) is 5.73 Å². The van der Waals surface area contributed by atoms with E-state index in [0.717, 1.165) is 11.1 Å². The minimum absolute atomic E-state index is 0.0428. The molecule has 0 radical (unpaired) electrons. The van der Waals surface area contributed by atoms with Crippen LogP contribution in [0.25, 0.3) is 5.57 Å². The normalized spacial score (nSPS) is 11.7. The zero-order valence-corrected chi connectivity index (χ0v) is 8.08. The third-order valence-corrected chi connectivity index (χ3v) is 1.83. The maximum Gasteiger partial charge on any atom is 0.313 e. The van der Waals surface area contributed by atoms with Gasteiger partial charge in [0.05, 0.1) is 0 Å². The van der Waals surface area contributed by atoms with Gasteiger partial charge in [-0.15, -0.1) is 5.10 Å². The van der Waals surface area contributed by atoms with Gasteiger partial charge in [0.15, 0.2) is 0 Å². The summed E-state index contributed by atoms with van der Waals surface area (Å²) in [7, 11) is 0. The molecular weight excluding hydrogens is 194 g/mol. The second-order valence-electron chi connectivity index (χ2n) is 2.77. The molecule has 0 saturated carbocycles. The Balaban J connectivity index is 2.43. The summed E-state index contributed by atoms with van der Waals surface area (Å²) in [6.07, 6.45) is 6.63. The number of nitrogen functional groups attached to an aromatic ring is 1. The molecule has 2 heterocycles. The van der Waals surface area contributed by atoms with Crippen LogP contribution >= 0.6 is 0 Å². The fraction of sp³-hybridized carbons (Fsp3) is 0.111. The van der Waals surface area contributed by atoms with Crippen LogP contribution in [0.2, 0.25) is 0 Å². The monoisotopic (exact) mass is 203 g/mol. The van der Waals surface area contributed by atoms with Gasteiger partial charge < -0.3 is 10.2 Å². The number of nitrogens with two attached hydrogens (primary N) is 1. The predicted octanol–water partition coefficient (Wildman–Crippen LogP) is 0.893. The van der Waals surface area contributed by atoms with Gasteiger partial charge in [0.1, 0.15) is 6.33 Å². The molecule has 6 nitrogen and oxygen atoms in total. The summed E-state index contributed by atoms with van der Waals surface area (Å²) < 4.78 is 5.12. The Morgan fingerprint density at radius 1 is 1.33 bits per heavy atom. The van der Waals surface area contributed by atoms with Gasteiger partial charge >= 0.3 is 6.01 Å². The third kappa shape index (κ3) is 1.83. The number of hydrogen-bond donors (Lipinski definition) is 1. The molecule has 2 rings (SSSR count). The minimum Gasteiger partial charge on any atom is -0.404 e. The molecule has 0 fully saturated rings. The van der Waals surface area contributed by atoms with E-state index in [0.29, 0.717) is 5.89 Å². The van der Waals surface area contributed by atoms with Crippen LogP contribution in [0.15, 0.2) is 29.2 Å². The first kappa shape index (κ1) is 9.32. The van der Waals surface area contributed by atoms with Gasteiger partial charge in [-0.1, -0.05) is 11.2 Å². The van der Waals surface area contributed by atoms with Crippen molar-refractivity contribution in [3.8, 4) is 0 Å². The van der Waals surface area contributed by atoms with Gasteiger partial charge in [0.2, 0.25) is 5.89 Å². The number of aromatic nitrogens is 4. The van der Waals surface area contributed by atoms with Crippen molar-refractivity contribution in [2.45, 2.75) is 6.92 Å². The van der Waals surface area contributed by atoms with Gasteiger partial charge in [-0.05, 0) is 6.92 Å². The first-order valence-electron chi connectivity index (χ1n) is 4.32. The van der Waals surface area contributed by atoms with Gasteiger partial charge in [0.25, 0.3) is 0 Å². The molecule has 0 aliphatic carbocycles.